The summed E-state index contributed by atoms with van der Waals surface area (Å²) in [6.07, 6.45) is 1.35. The van der Waals surface area contributed by atoms with E-state index in [1.807, 2.05) is 0 Å². The summed E-state index contributed by atoms with van der Waals surface area (Å²) in [7, 11) is 0. The highest BCUT2D eigenvalue weighted by Gasteiger charge is 2.38. The molecule has 0 aromatic rings. The van der Waals surface area contributed by atoms with Crippen LogP contribution in [0.1, 0.15) is 25.7 Å². The van der Waals surface area contributed by atoms with Crippen molar-refractivity contribution >= 4 is 17.9 Å². The standard InChI is InChI=1S/C8H11ClF2O2/c9-8(10,11)4-3-7(6-12)2-1-5-13-7/h6H,1-5H2. The molecule has 0 amide bonds. The number of hydrogen-bond acceptors (Lipinski definition) is 2. The van der Waals surface area contributed by atoms with Crippen molar-refractivity contribution in [3.8, 4) is 0 Å². The number of ether oxygens (including phenoxy) is 1. The van der Waals surface area contributed by atoms with Crippen molar-refractivity contribution in [2.45, 2.75) is 36.7 Å². The third-order valence-electron chi connectivity index (χ3n) is 2.18. The van der Waals surface area contributed by atoms with Crippen LogP contribution in [0, 0.1) is 0 Å². The van der Waals surface area contributed by atoms with Crippen LogP contribution < -0.4 is 0 Å². The van der Waals surface area contributed by atoms with Crippen LogP contribution in [0.2, 0.25) is 0 Å². The molecule has 13 heavy (non-hydrogen) atoms. The van der Waals surface area contributed by atoms with Crippen LogP contribution in [0.3, 0.4) is 0 Å². The number of rotatable bonds is 4. The van der Waals surface area contributed by atoms with Crippen LogP contribution in [0.5, 0.6) is 0 Å². The number of hydrogen-bond donors (Lipinski definition) is 0. The van der Waals surface area contributed by atoms with E-state index < -0.39 is 17.4 Å². The Hall–Kier alpha value is -0.220. The zero-order chi connectivity index (χ0) is 9.95. The summed E-state index contributed by atoms with van der Waals surface area (Å²) in [5.74, 6) is 0. The molecule has 1 atom stereocenters. The van der Waals surface area contributed by atoms with E-state index in [4.69, 9.17) is 16.3 Å². The fourth-order valence-corrected chi connectivity index (χ4v) is 1.52. The number of alkyl halides is 3. The predicted molar refractivity (Wildman–Crippen MR) is 44.0 cm³/mol. The van der Waals surface area contributed by atoms with Gasteiger partial charge in [0.2, 0.25) is 0 Å². The van der Waals surface area contributed by atoms with Crippen molar-refractivity contribution in [1.82, 2.24) is 0 Å². The molecule has 1 aliphatic heterocycles. The Morgan fingerprint density at radius 1 is 1.62 bits per heavy atom. The van der Waals surface area contributed by atoms with Gasteiger partial charge in [-0.3, -0.25) is 0 Å². The van der Waals surface area contributed by atoms with Crippen molar-refractivity contribution in [3.05, 3.63) is 0 Å². The average molecular weight is 213 g/mol. The van der Waals surface area contributed by atoms with Gasteiger partial charge in [0.25, 0.3) is 0 Å². The molecule has 0 spiro atoms. The van der Waals surface area contributed by atoms with Crippen LogP contribution in [0.15, 0.2) is 0 Å². The molecular weight excluding hydrogens is 202 g/mol. The monoisotopic (exact) mass is 212 g/mol. The van der Waals surface area contributed by atoms with Gasteiger partial charge >= 0.3 is 5.38 Å². The number of carbonyl (C=O) groups excluding carboxylic acids is 1. The van der Waals surface area contributed by atoms with Gasteiger partial charge in [-0.1, -0.05) is 0 Å². The van der Waals surface area contributed by atoms with Crippen LogP contribution in [0.25, 0.3) is 0 Å². The summed E-state index contributed by atoms with van der Waals surface area (Å²) in [5, 5.41) is -3.23. The zero-order valence-electron chi connectivity index (χ0n) is 7.06. The Labute approximate surface area is 80.2 Å². The molecule has 1 fully saturated rings. The summed E-state index contributed by atoms with van der Waals surface area (Å²) in [6.45, 7) is 0.465. The van der Waals surface area contributed by atoms with Crippen LogP contribution in [-0.4, -0.2) is 23.9 Å². The largest absolute Gasteiger partial charge is 0.368 e. The summed E-state index contributed by atoms with van der Waals surface area (Å²) < 4.78 is 29.7. The van der Waals surface area contributed by atoms with E-state index in [-0.39, 0.29) is 6.42 Å². The topological polar surface area (TPSA) is 26.3 Å². The highest BCUT2D eigenvalue weighted by molar-refractivity contribution is 6.21. The number of halogens is 3. The van der Waals surface area contributed by atoms with Crippen LogP contribution in [-0.2, 0) is 9.53 Å². The molecule has 1 heterocycles. The smallest absolute Gasteiger partial charge is 0.321 e. The molecule has 2 nitrogen and oxygen atoms in total. The van der Waals surface area contributed by atoms with Gasteiger partial charge in [-0.25, -0.2) is 0 Å². The Morgan fingerprint density at radius 2 is 2.31 bits per heavy atom. The first-order chi connectivity index (χ1) is 5.97. The molecule has 0 N–H and O–H groups in total. The summed E-state index contributed by atoms with van der Waals surface area (Å²) in [4.78, 5) is 10.6. The summed E-state index contributed by atoms with van der Waals surface area (Å²) >= 11 is 4.73. The maximum Gasteiger partial charge on any atom is 0.321 e. The second kappa shape index (κ2) is 3.88. The minimum Gasteiger partial charge on any atom is -0.368 e. The maximum atomic E-state index is 12.3. The normalized spacial score (nSPS) is 29.2. The first-order valence-corrected chi connectivity index (χ1v) is 4.52. The molecule has 0 bridgehead atoms. The SMILES string of the molecule is O=CC1(CCC(F)(F)Cl)CCCO1. The molecule has 0 radical (unpaired) electrons. The molecule has 0 aromatic heterocycles. The van der Waals surface area contributed by atoms with E-state index >= 15 is 0 Å². The Morgan fingerprint density at radius 3 is 2.69 bits per heavy atom. The third-order valence-corrected chi connectivity index (χ3v) is 2.37. The zero-order valence-corrected chi connectivity index (χ0v) is 7.82. The third kappa shape index (κ3) is 3.19. The van der Waals surface area contributed by atoms with Gasteiger partial charge in [0.15, 0.2) is 6.29 Å². The number of carbonyl (C=O) groups is 1. The van der Waals surface area contributed by atoms with Crippen molar-refractivity contribution in [2.24, 2.45) is 0 Å². The van der Waals surface area contributed by atoms with Gasteiger partial charge < -0.3 is 9.53 Å². The highest BCUT2D eigenvalue weighted by Crippen LogP contribution is 2.34. The highest BCUT2D eigenvalue weighted by atomic mass is 35.5. The lowest BCUT2D eigenvalue weighted by Crippen LogP contribution is -2.31. The van der Waals surface area contributed by atoms with E-state index in [1.54, 1.807) is 0 Å². The molecule has 1 unspecified atom stereocenters. The van der Waals surface area contributed by atoms with Gasteiger partial charge in [0.1, 0.15) is 5.60 Å². The van der Waals surface area contributed by atoms with E-state index in [1.165, 1.54) is 0 Å². The lowest BCUT2D eigenvalue weighted by molar-refractivity contribution is -0.127. The Kier molecular flexibility index (Phi) is 3.24. The van der Waals surface area contributed by atoms with E-state index in [9.17, 15) is 13.6 Å². The van der Waals surface area contributed by atoms with Crippen LogP contribution in [0.4, 0.5) is 8.78 Å². The van der Waals surface area contributed by atoms with E-state index in [2.05, 4.69) is 0 Å². The van der Waals surface area contributed by atoms with Crippen molar-refractivity contribution in [2.75, 3.05) is 6.61 Å². The minimum atomic E-state index is -3.23. The number of aldehydes is 1. The van der Waals surface area contributed by atoms with Gasteiger partial charge in [-0.05, 0) is 30.9 Å². The lowest BCUT2D eigenvalue weighted by atomic mass is 9.96. The summed E-state index contributed by atoms with van der Waals surface area (Å²) in [5.41, 5.74) is -1.00. The molecule has 1 aliphatic rings. The van der Waals surface area contributed by atoms with E-state index in [0.29, 0.717) is 19.3 Å². The van der Waals surface area contributed by atoms with Crippen molar-refractivity contribution in [1.29, 1.82) is 0 Å². The Balaban J connectivity index is 2.45. The first kappa shape index (κ1) is 10.9. The molecular formula is C8H11ClF2O2. The average Bonchev–Trinajstić information content (AvgIpc) is 2.49. The summed E-state index contributed by atoms with van der Waals surface area (Å²) in [6, 6.07) is 0. The molecule has 76 valence electrons. The Bertz CT molecular complexity index is 185. The second-order valence-corrected chi connectivity index (χ2v) is 3.80. The van der Waals surface area contributed by atoms with Crippen molar-refractivity contribution < 1.29 is 18.3 Å². The molecule has 5 heteroatoms. The van der Waals surface area contributed by atoms with Crippen LogP contribution >= 0.6 is 11.6 Å². The second-order valence-electron chi connectivity index (χ2n) is 3.25. The molecule has 0 aliphatic carbocycles. The molecule has 0 saturated carbocycles. The minimum absolute atomic E-state index is 0.00694. The van der Waals surface area contributed by atoms with Gasteiger partial charge in [0, 0.05) is 13.0 Å². The molecule has 1 saturated heterocycles. The molecule has 0 aromatic carbocycles. The fraction of sp³-hybridized carbons (Fsp3) is 0.875. The van der Waals surface area contributed by atoms with Gasteiger partial charge in [-0.2, -0.15) is 8.78 Å². The first-order valence-electron chi connectivity index (χ1n) is 4.14. The fourth-order valence-electron chi connectivity index (χ4n) is 1.42. The lowest BCUT2D eigenvalue weighted by Gasteiger charge is -2.22. The quantitative estimate of drug-likeness (QED) is 0.528. The van der Waals surface area contributed by atoms with E-state index in [0.717, 1.165) is 6.42 Å². The van der Waals surface area contributed by atoms with Crippen molar-refractivity contribution in [3.63, 3.8) is 0 Å². The maximum absolute atomic E-state index is 12.3. The predicted octanol–water partition coefficient (Wildman–Crippen LogP) is 2.35. The van der Waals surface area contributed by atoms with Gasteiger partial charge in [0.05, 0.1) is 0 Å². The molecule has 1 rings (SSSR count). The van der Waals surface area contributed by atoms with Gasteiger partial charge in [-0.15, -0.1) is 0 Å².